The molecule has 0 saturated carbocycles. The van der Waals surface area contributed by atoms with Gasteiger partial charge in [-0.05, 0) is 47.0 Å². The van der Waals surface area contributed by atoms with Crippen LogP contribution in [-0.2, 0) is 4.74 Å². The Balaban J connectivity index is 0. The fourth-order valence-electron chi connectivity index (χ4n) is 1.53. The van der Waals surface area contributed by atoms with Crippen molar-refractivity contribution in [3.05, 3.63) is 22.7 Å². The van der Waals surface area contributed by atoms with E-state index in [1.165, 1.54) is 25.7 Å². The van der Waals surface area contributed by atoms with Crippen molar-refractivity contribution < 1.29 is 14.9 Å². The fourth-order valence-corrected chi connectivity index (χ4v) is 1.98. The van der Waals surface area contributed by atoms with Crippen LogP contribution in [-0.4, -0.2) is 30.5 Å². The van der Waals surface area contributed by atoms with E-state index in [1.807, 2.05) is 0 Å². The van der Waals surface area contributed by atoms with Gasteiger partial charge >= 0.3 is 0 Å². The first-order valence-electron chi connectivity index (χ1n) is 6.70. The molecule has 2 N–H and O–H groups in total. The smallest absolute Gasteiger partial charge is 0.116 e. The third-order valence-electron chi connectivity index (χ3n) is 2.48. The molecule has 1 aromatic carbocycles. The van der Waals surface area contributed by atoms with Crippen LogP contribution < -0.4 is 0 Å². The summed E-state index contributed by atoms with van der Waals surface area (Å²) in [5, 5.41) is 15.9. The summed E-state index contributed by atoms with van der Waals surface area (Å²) in [4.78, 5) is 0.745. The number of aliphatic hydroxyl groups excluding tert-OH is 1. The van der Waals surface area contributed by atoms with Gasteiger partial charge in [-0.2, -0.15) is 0 Å². The number of phenols is 1. The normalized spacial score (nSPS) is 9.40. The average Bonchev–Trinajstić information content (AvgIpc) is 2.46. The molecule has 0 amide bonds. The molecule has 1 rings (SSSR count). The first-order chi connectivity index (χ1) is 9.54. The Morgan fingerprint density at radius 3 is 2.00 bits per heavy atom. The summed E-state index contributed by atoms with van der Waals surface area (Å²) < 4.78 is 6.12. The Morgan fingerprint density at radius 1 is 1.20 bits per heavy atom. The van der Waals surface area contributed by atoms with Gasteiger partial charge in [0.15, 0.2) is 0 Å². The van der Waals surface area contributed by atoms with Crippen LogP contribution in [0.1, 0.15) is 39.5 Å². The lowest BCUT2D eigenvalue weighted by Gasteiger charge is -2.11. The van der Waals surface area contributed by atoms with Gasteiger partial charge in [0, 0.05) is 23.6 Å². The highest BCUT2D eigenvalue weighted by atomic mass is 79.9. The van der Waals surface area contributed by atoms with Gasteiger partial charge in [0.2, 0.25) is 0 Å². The van der Waals surface area contributed by atoms with E-state index in [1.54, 1.807) is 25.3 Å². The maximum Gasteiger partial charge on any atom is 0.116 e. The number of benzene rings is 1. The van der Waals surface area contributed by atoms with Crippen molar-refractivity contribution in [2.45, 2.75) is 50.5 Å². The Hall–Kier alpha value is -0.230. The Labute approximate surface area is 136 Å². The van der Waals surface area contributed by atoms with E-state index in [0.717, 1.165) is 16.5 Å². The highest BCUT2D eigenvalue weighted by Gasteiger charge is 2.02. The number of hydrogen-bond acceptors (Lipinski definition) is 4. The second-order valence-electron chi connectivity index (χ2n) is 4.07. The topological polar surface area (TPSA) is 49.7 Å². The summed E-state index contributed by atoms with van der Waals surface area (Å²) in [7, 11) is 2.80. The fraction of sp³-hybridized carbons (Fsp3) is 0.600. The Morgan fingerprint density at radius 2 is 1.70 bits per heavy atom. The van der Waals surface area contributed by atoms with E-state index in [4.69, 9.17) is 14.9 Å². The molecule has 0 radical (unpaired) electrons. The summed E-state index contributed by atoms with van der Waals surface area (Å²) in [6, 6.07) is 4.93. The Bertz CT molecular complexity index is 329. The lowest BCUT2D eigenvalue weighted by molar-refractivity contribution is 0.0868. The number of ether oxygens (including phenoxy) is 1. The molecular formula is C15H27BrO3S. The third-order valence-corrected chi connectivity index (χ3v) is 3.85. The van der Waals surface area contributed by atoms with Gasteiger partial charge in [0.25, 0.3) is 0 Å². The van der Waals surface area contributed by atoms with Crippen molar-refractivity contribution in [3.8, 4) is 5.75 Å². The standard InChI is InChI=1S/C8H18O.C6H5BrOS.CH4O/c1-4-6-8(9-3)7-5-2;7-5-2-1-4(8)3-6(5)9;1-2/h8H,4-7H2,1-3H3;1-3,8-9H;2H,1H3. The monoisotopic (exact) mass is 366 g/mol. The molecule has 0 saturated heterocycles. The molecule has 0 aromatic heterocycles. The minimum atomic E-state index is 0.239. The van der Waals surface area contributed by atoms with Gasteiger partial charge < -0.3 is 14.9 Å². The van der Waals surface area contributed by atoms with Crippen molar-refractivity contribution in [3.63, 3.8) is 0 Å². The molecule has 0 unspecified atom stereocenters. The molecule has 0 heterocycles. The van der Waals surface area contributed by atoms with Crippen LogP contribution in [0.2, 0.25) is 0 Å². The molecule has 0 fully saturated rings. The van der Waals surface area contributed by atoms with Gasteiger partial charge in [0.1, 0.15) is 5.75 Å². The molecule has 3 nitrogen and oxygen atoms in total. The number of aromatic hydroxyl groups is 1. The van der Waals surface area contributed by atoms with Crippen molar-refractivity contribution in [1.29, 1.82) is 0 Å². The molecule has 20 heavy (non-hydrogen) atoms. The van der Waals surface area contributed by atoms with Crippen molar-refractivity contribution in [1.82, 2.24) is 0 Å². The zero-order valence-electron chi connectivity index (χ0n) is 12.8. The number of phenolic OH excluding ortho intramolecular Hbond substituents is 1. The highest BCUT2D eigenvalue weighted by Crippen LogP contribution is 2.23. The van der Waals surface area contributed by atoms with Gasteiger partial charge in [-0.25, -0.2) is 0 Å². The second-order valence-corrected chi connectivity index (χ2v) is 5.41. The summed E-state index contributed by atoms with van der Waals surface area (Å²) in [5.74, 6) is 0.239. The summed E-state index contributed by atoms with van der Waals surface area (Å²) >= 11 is 7.30. The molecule has 0 aliphatic carbocycles. The summed E-state index contributed by atoms with van der Waals surface area (Å²) in [6.07, 6.45) is 5.41. The molecule has 0 aliphatic rings. The number of rotatable bonds is 5. The maximum absolute atomic E-state index is 8.87. The van der Waals surface area contributed by atoms with Gasteiger partial charge in [0.05, 0.1) is 6.10 Å². The van der Waals surface area contributed by atoms with E-state index in [9.17, 15) is 0 Å². The van der Waals surface area contributed by atoms with E-state index in [0.29, 0.717) is 6.10 Å². The summed E-state index contributed by atoms with van der Waals surface area (Å²) in [6.45, 7) is 4.39. The minimum Gasteiger partial charge on any atom is -0.508 e. The van der Waals surface area contributed by atoms with Gasteiger partial charge in [-0.1, -0.05) is 26.7 Å². The van der Waals surface area contributed by atoms with Gasteiger partial charge in [-0.15, -0.1) is 12.6 Å². The molecule has 0 atom stereocenters. The van der Waals surface area contributed by atoms with E-state index >= 15 is 0 Å². The first kappa shape index (κ1) is 22.1. The van der Waals surface area contributed by atoms with E-state index in [2.05, 4.69) is 42.4 Å². The quantitative estimate of drug-likeness (QED) is 0.664. The van der Waals surface area contributed by atoms with E-state index < -0.39 is 0 Å². The highest BCUT2D eigenvalue weighted by molar-refractivity contribution is 9.10. The minimum absolute atomic E-state index is 0.239. The van der Waals surface area contributed by atoms with Crippen LogP contribution in [0, 0.1) is 0 Å². The molecule has 118 valence electrons. The van der Waals surface area contributed by atoms with Crippen LogP contribution in [0.25, 0.3) is 0 Å². The van der Waals surface area contributed by atoms with Crippen LogP contribution in [0.5, 0.6) is 5.75 Å². The Kier molecular flexibility index (Phi) is 16.7. The number of thiol groups is 1. The number of aliphatic hydroxyl groups is 1. The molecule has 0 aliphatic heterocycles. The molecule has 0 bridgehead atoms. The lowest BCUT2D eigenvalue weighted by Crippen LogP contribution is -2.08. The third kappa shape index (κ3) is 11.6. The number of hydrogen-bond donors (Lipinski definition) is 3. The van der Waals surface area contributed by atoms with Gasteiger partial charge in [-0.3, -0.25) is 0 Å². The average molecular weight is 367 g/mol. The van der Waals surface area contributed by atoms with E-state index in [-0.39, 0.29) is 5.75 Å². The van der Waals surface area contributed by atoms with Crippen molar-refractivity contribution in [2.24, 2.45) is 0 Å². The predicted molar refractivity (Wildman–Crippen MR) is 91.8 cm³/mol. The van der Waals surface area contributed by atoms with Crippen LogP contribution >= 0.6 is 28.6 Å². The van der Waals surface area contributed by atoms with Crippen LogP contribution in [0.3, 0.4) is 0 Å². The largest absolute Gasteiger partial charge is 0.508 e. The molecule has 1 aromatic rings. The van der Waals surface area contributed by atoms with Crippen molar-refractivity contribution in [2.75, 3.05) is 14.2 Å². The second kappa shape index (κ2) is 15.2. The first-order valence-corrected chi connectivity index (χ1v) is 7.94. The van der Waals surface area contributed by atoms with Crippen LogP contribution in [0.4, 0.5) is 0 Å². The number of methoxy groups -OCH3 is 1. The van der Waals surface area contributed by atoms with Crippen LogP contribution in [0.15, 0.2) is 27.6 Å². The molecule has 0 spiro atoms. The zero-order valence-corrected chi connectivity index (χ0v) is 15.2. The number of halogens is 1. The molecular weight excluding hydrogens is 340 g/mol. The lowest BCUT2D eigenvalue weighted by atomic mass is 10.1. The van der Waals surface area contributed by atoms with Crippen molar-refractivity contribution >= 4 is 28.6 Å². The predicted octanol–water partition coefficient (Wildman–Crippen LogP) is 4.65. The zero-order chi connectivity index (χ0) is 16.0. The summed E-state index contributed by atoms with van der Waals surface area (Å²) in [5.41, 5.74) is 0. The molecule has 5 heteroatoms. The SMILES string of the molecule is CCCC(CCC)OC.CO.Oc1ccc(Br)c(S)c1. The maximum atomic E-state index is 8.87.